The van der Waals surface area contributed by atoms with Crippen molar-refractivity contribution < 1.29 is 23.3 Å². The van der Waals surface area contributed by atoms with Gasteiger partial charge in [-0.05, 0) is 34.6 Å². The molecule has 0 aromatic heterocycles. The topological polar surface area (TPSA) is 36.9 Å². The van der Waals surface area contributed by atoms with Gasteiger partial charge in [-0.25, -0.2) is 4.39 Å². The predicted molar refractivity (Wildman–Crippen MR) is 71.1 cm³/mol. The van der Waals surface area contributed by atoms with Crippen LogP contribution in [-0.2, 0) is 18.9 Å². The number of hydrogen-bond acceptors (Lipinski definition) is 4. The van der Waals surface area contributed by atoms with E-state index >= 15 is 0 Å². The van der Waals surface area contributed by atoms with Crippen LogP contribution in [-0.4, -0.2) is 56.5 Å². The van der Waals surface area contributed by atoms with Crippen molar-refractivity contribution in [2.75, 3.05) is 19.9 Å². The Morgan fingerprint density at radius 1 is 1.11 bits per heavy atom. The molecule has 0 spiro atoms. The minimum Gasteiger partial charge on any atom is -0.376 e. The summed E-state index contributed by atoms with van der Waals surface area (Å²) in [6.07, 6.45) is -0.513. The molecule has 1 unspecified atom stereocenters. The lowest BCUT2D eigenvalue weighted by Gasteiger charge is -2.26. The van der Waals surface area contributed by atoms with Crippen LogP contribution in [0.25, 0.3) is 0 Å². The Balaban J connectivity index is 2.63. The highest BCUT2D eigenvalue weighted by molar-refractivity contribution is 4.91. The molecule has 0 aromatic carbocycles. The van der Waals surface area contributed by atoms with Crippen molar-refractivity contribution in [2.24, 2.45) is 0 Å². The Morgan fingerprint density at radius 2 is 1.79 bits per heavy atom. The Hall–Kier alpha value is -0.230. The number of hydrogen-bond donors (Lipinski definition) is 0. The van der Waals surface area contributed by atoms with Crippen molar-refractivity contribution in [1.29, 1.82) is 0 Å². The third-order valence-electron chi connectivity index (χ3n) is 2.95. The fourth-order valence-electron chi connectivity index (χ4n) is 2.22. The summed E-state index contributed by atoms with van der Waals surface area (Å²) in [5.41, 5.74) is 0. The summed E-state index contributed by atoms with van der Waals surface area (Å²) in [5.74, 6) is 0. The van der Waals surface area contributed by atoms with Gasteiger partial charge >= 0.3 is 0 Å². The Kier molecular flexibility index (Phi) is 7.21. The fraction of sp³-hybridized carbons (Fsp3) is 1.00. The van der Waals surface area contributed by atoms with Gasteiger partial charge in [0.2, 0.25) is 0 Å². The molecule has 114 valence electrons. The largest absolute Gasteiger partial charge is 0.376 e. The molecule has 1 heterocycles. The molecule has 1 aliphatic heterocycles. The second kappa shape index (κ2) is 8.15. The highest BCUT2D eigenvalue weighted by atomic mass is 19.1. The maximum Gasteiger partial charge on any atom is 0.115 e. The van der Waals surface area contributed by atoms with Gasteiger partial charge in [-0.1, -0.05) is 0 Å². The smallest absolute Gasteiger partial charge is 0.115 e. The van der Waals surface area contributed by atoms with Gasteiger partial charge in [-0.2, -0.15) is 0 Å². The zero-order valence-electron chi connectivity index (χ0n) is 12.6. The first-order valence-electron chi connectivity index (χ1n) is 7.05. The predicted octanol–water partition coefficient (Wildman–Crippen LogP) is 2.35. The monoisotopic (exact) mass is 278 g/mol. The molecular weight excluding hydrogens is 251 g/mol. The second-order valence-electron chi connectivity index (χ2n) is 5.44. The molecule has 0 amide bonds. The lowest BCUT2D eigenvalue weighted by atomic mass is 10.1. The minimum absolute atomic E-state index is 0.0666. The molecule has 0 radical (unpaired) electrons. The van der Waals surface area contributed by atoms with Crippen LogP contribution in [0.4, 0.5) is 4.39 Å². The number of rotatable bonds is 8. The highest BCUT2D eigenvalue weighted by Gasteiger charge is 2.44. The second-order valence-corrected chi connectivity index (χ2v) is 5.44. The molecule has 1 saturated heterocycles. The summed E-state index contributed by atoms with van der Waals surface area (Å²) in [6, 6.07) is 0. The van der Waals surface area contributed by atoms with E-state index in [1.54, 1.807) is 0 Å². The van der Waals surface area contributed by atoms with Crippen LogP contribution in [0.1, 0.15) is 34.6 Å². The zero-order valence-corrected chi connectivity index (χ0v) is 12.6. The quantitative estimate of drug-likeness (QED) is 0.683. The average molecular weight is 278 g/mol. The van der Waals surface area contributed by atoms with E-state index in [9.17, 15) is 4.39 Å². The summed E-state index contributed by atoms with van der Waals surface area (Å²) in [4.78, 5) is 0. The number of halogens is 1. The summed E-state index contributed by atoms with van der Waals surface area (Å²) in [6.45, 7) is 9.87. The third-order valence-corrected chi connectivity index (χ3v) is 2.95. The van der Waals surface area contributed by atoms with Crippen LogP contribution in [0.5, 0.6) is 0 Å². The van der Waals surface area contributed by atoms with E-state index in [1.807, 2.05) is 34.6 Å². The molecule has 1 aliphatic rings. The van der Waals surface area contributed by atoms with Crippen molar-refractivity contribution in [3.8, 4) is 0 Å². The van der Waals surface area contributed by atoms with E-state index in [0.717, 1.165) is 0 Å². The zero-order chi connectivity index (χ0) is 14.4. The van der Waals surface area contributed by atoms with Crippen LogP contribution in [0.15, 0.2) is 0 Å². The van der Waals surface area contributed by atoms with Gasteiger partial charge in [0.25, 0.3) is 0 Å². The SMILES string of the molecule is CC(C)OC[C@H]1O[C@@H](C)C(OCCF)[C@@H]1OC(C)C. The van der Waals surface area contributed by atoms with Crippen molar-refractivity contribution >= 4 is 0 Å². The van der Waals surface area contributed by atoms with Gasteiger partial charge in [-0.15, -0.1) is 0 Å². The molecule has 0 saturated carbocycles. The minimum atomic E-state index is -0.495. The molecule has 4 nitrogen and oxygen atoms in total. The molecular formula is C14H27FO4. The maximum atomic E-state index is 12.3. The molecule has 5 heteroatoms. The Morgan fingerprint density at radius 3 is 2.32 bits per heavy atom. The standard InChI is InChI=1S/C14H27FO4/c1-9(2)17-8-12-14(18-10(3)4)13(11(5)19-12)16-7-6-15/h9-14H,6-8H2,1-5H3/t11-,12+,13?,14+/m0/s1. The number of ether oxygens (including phenoxy) is 4. The van der Waals surface area contributed by atoms with E-state index in [0.29, 0.717) is 6.61 Å². The summed E-state index contributed by atoms with van der Waals surface area (Å²) in [5, 5.41) is 0. The van der Waals surface area contributed by atoms with E-state index in [-0.39, 0.29) is 43.2 Å². The first-order valence-corrected chi connectivity index (χ1v) is 7.05. The van der Waals surface area contributed by atoms with Gasteiger partial charge in [-0.3, -0.25) is 0 Å². The third kappa shape index (κ3) is 5.34. The molecule has 0 N–H and O–H groups in total. The van der Waals surface area contributed by atoms with Gasteiger partial charge in [0, 0.05) is 0 Å². The Bertz CT molecular complexity index is 248. The van der Waals surface area contributed by atoms with Gasteiger partial charge in [0.15, 0.2) is 0 Å². The molecule has 0 aromatic rings. The van der Waals surface area contributed by atoms with Gasteiger partial charge < -0.3 is 18.9 Å². The van der Waals surface area contributed by atoms with E-state index in [2.05, 4.69) is 0 Å². The van der Waals surface area contributed by atoms with Crippen LogP contribution in [0, 0.1) is 0 Å². The lowest BCUT2D eigenvalue weighted by molar-refractivity contribution is -0.104. The van der Waals surface area contributed by atoms with Crippen molar-refractivity contribution in [2.45, 2.75) is 71.2 Å². The van der Waals surface area contributed by atoms with Crippen LogP contribution in [0.2, 0.25) is 0 Å². The molecule has 19 heavy (non-hydrogen) atoms. The van der Waals surface area contributed by atoms with Gasteiger partial charge in [0.1, 0.15) is 25.0 Å². The van der Waals surface area contributed by atoms with Crippen molar-refractivity contribution in [1.82, 2.24) is 0 Å². The van der Waals surface area contributed by atoms with Crippen LogP contribution < -0.4 is 0 Å². The van der Waals surface area contributed by atoms with Crippen molar-refractivity contribution in [3.63, 3.8) is 0 Å². The van der Waals surface area contributed by atoms with E-state index in [4.69, 9.17) is 18.9 Å². The van der Waals surface area contributed by atoms with Gasteiger partial charge in [0.05, 0.1) is 31.5 Å². The van der Waals surface area contributed by atoms with Crippen LogP contribution >= 0.6 is 0 Å². The van der Waals surface area contributed by atoms with E-state index < -0.39 is 6.67 Å². The Labute approximate surface area is 115 Å². The molecule has 0 aliphatic carbocycles. The molecule has 1 fully saturated rings. The molecule has 1 rings (SSSR count). The summed E-state index contributed by atoms with van der Waals surface area (Å²) in [7, 11) is 0. The lowest BCUT2D eigenvalue weighted by Crippen LogP contribution is -2.40. The normalized spacial score (nSPS) is 31.6. The maximum absolute atomic E-state index is 12.3. The highest BCUT2D eigenvalue weighted by Crippen LogP contribution is 2.28. The van der Waals surface area contributed by atoms with E-state index in [1.165, 1.54) is 0 Å². The first kappa shape index (κ1) is 16.8. The van der Waals surface area contributed by atoms with Crippen molar-refractivity contribution in [3.05, 3.63) is 0 Å². The summed E-state index contributed by atoms with van der Waals surface area (Å²) < 4.78 is 35.1. The first-order chi connectivity index (χ1) is 8.95. The molecule has 0 bridgehead atoms. The number of alkyl halides is 1. The molecule has 4 atom stereocenters. The average Bonchev–Trinajstić information content (AvgIpc) is 2.60. The summed E-state index contributed by atoms with van der Waals surface area (Å²) >= 11 is 0. The fourth-order valence-corrected chi connectivity index (χ4v) is 2.22. The van der Waals surface area contributed by atoms with Crippen LogP contribution in [0.3, 0.4) is 0 Å².